The molecule has 0 unspecified atom stereocenters. The molecule has 120 valence electrons. The van der Waals surface area contributed by atoms with Gasteiger partial charge in [-0.25, -0.2) is 19.6 Å². The van der Waals surface area contributed by atoms with Gasteiger partial charge in [0.15, 0.2) is 0 Å². The van der Waals surface area contributed by atoms with E-state index in [1.165, 1.54) is 0 Å². The van der Waals surface area contributed by atoms with E-state index >= 15 is 0 Å². The lowest BCUT2D eigenvalue weighted by Crippen LogP contribution is -2.00. The van der Waals surface area contributed by atoms with Crippen LogP contribution in [0.2, 0.25) is 0 Å². The minimum atomic E-state index is 0.304. The first-order valence-electron chi connectivity index (χ1n) is 7.79. The molecular weight excluding hydrogens is 302 g/mol. The van der Waals surface area contributed by atoms with Crippen LogP contribution in [0.1, 0.15) is 25.6 Å². The molecule has 0 amide bonds. The van der Waals surface area contributed by atoms with Crippen molar-refractivity contribution in [1.29, 1.82) is 0 Å². The van der Waals surface area contributed by atoms with Crippen molar-refractivity contribution in [2.75, 3.05) is 0 Å². The lowest BCUT2D eigenvalue weighted by atomic mass is 10.2. The fraction of sp³-hybridized carbons (Fsp3) is 0.235. The number of nitrogens with zero attached hydrogens (tertiary/aromatic N) is 7. The highest BCUT2D eigenvalue weighted by Gasteiger charge is 2.11. The second-order valence-electron chi connectivity index (χ2n) is 5.99. The standard InChI is InChI=1S/C17H17N7/c1-11(2)16-19-9-12(10-20-16)17-18-6-7-24(17)13-4-5-15-14(8-13)21-22-23(15)3/h4-11H,1-3H3. The quantitative estimate of drug-likeness (QED) is 0.580. The number of benzene rings is 1. The molecule has 0 fully saturated rings. The normalized spacial score (nSPS) is 11.5. The van der Waals surface area contributed by atoms with E-state index < -0.39 is 0 Å². The number of imidazole rings is 1. The Morgan fingerprint density at radius 3 is 2.58 bits per heavy atom. The predicted molar refractivity (Wildman–Crippen MR) is 90.7 cm³/mol. The number of aryl methyl sites for hydroxylation is 1. The molecule has 4 rings (SSSR count). The molecule has 7 nitrogen and oxygen atoms in total. The predicted octanol–water partition coefficient (Wildman–Crippen LogP) is 2.73. The Bertz CT molecular complexity index is 995. The van der Waals surface area contributed by atoms with Crippen LogP contribution in [-0.4, -0.2) is 34.5 Å². The number of hydrogen-bond acceptors (Lipinski definition) is 5. The summed E-state index contributed by atoms with van der Waals surface area (Å²) in [6, 6.07) is 6.03. The molecule has 24 heavy (non-hydrogen) atoms. The minimum Gasteiger partial charge on any atom is -0.300 e. The number of rotatable bonds is 3. The van der Waals surface area contributed by atoms with Crippen molar-refractivity contribution in [3.8, 4) is 17.1 Å². The van der Waals surface area contributed by atoms with Gasteiger partial charge in [0.25, 0.3) is 0 Å². The largest absolute Gasteiger partial charge is 0.300 e. The van der Waals surface area contributed by atoms with Gasteiger partial charge in [-0.15, -0.1) is 5.10 Å². The van der Waals surface area contributed by atoms with Crippen LogP contribution in [0.5, 0.6) is 0 Å². The van der Waals surface area contributed by atoms with E-state index in [0.29, 0.717) is 5.92 Å². The molecule has 0 N–H and O–H groups in total. The summed E-state index contributed by atoms with van der Waals surface area (Å²) in [4.78, 5) is 13.3. The van der Waals surface area contributed by atoms with Crippen molar-refractivity contribution in [3.05, 3.63) is 48.8 Å². The highest BCUT2D eigenvalue weighted by molar-refractivity contribution is 5.77. The van der Waals surface area contributed by atoms with Gasteiger partial charge >= 0.3 is 0 Å². The van der Waals surface area contributed by atoms with E-state index in [0.717, 1.165) is 33.9 Å². The van der Waals surface area contributed by atoms with Crippen molar-refractivity contribution < 1.29 is 0 Å². The highest BCUT2D eigenvalue weighted by atomic mass is 15.4. The maximum atomic E-state index is 4.46. The Hall–Kier alpha value is -3.09. The Morgan fingerprint density at radius 1 is 1.04 bits per heavy atom. The third-order valence-corrected chi connectivity index (χ3v) is 3.96. The molecule has 0 aliphatic rings. The van der Waals surface area contributed by atoms with Gasteiger partial charge < -0.3 is 0 Å². The molecule has 0 aliphatic carbocycles. The van der Waals surface area contributed by atoms with Crippen molar-refractivity contribution in [1.82, 2.24) is 34.5 Å². The summed E-state index contributed by atoms with van der Waals surface area (Å²) in [5.74, 6) is 1.93. The second-order valence-corrected chi connectivity index (χ2v) is 5.99. The third-order valence-electron chi connectivity index (χ3n) is 3.96. The molecule has 0 spiro atoms. The summed E-state index contributed by atoms with van der Waals surface area (Å²) in [7, 11) is 1.88. The van der Waals surface area contributed by atoms with Crippen LogP contribution in [0.25, 0.3) is 28.1 Å². The Morgan fingerprint density at radius 2 is 1.83 bits per heavy atom. The van der Waals surface area contributed by atoms with Gasteiger partial charge in [0.2, 0.25) is 0 Å². The summed E-state index contributed by atoms with van der Waals surface area (Å²) in [5.41, 5.74) is 3.69. The van der Waals surface area contributed by atoms with Gasteiger partial charge in [0, 0.05) is 43.4 Å². The number of hydrogen-bond donors (Lipinski definition) is 0. The Balaban J connectivity index is 1.78. The summed E-state index contributed by atoms with van der Waals surface area (Å²) in [6.45, 7) is 4.15. The SMILES string of the molecule is CC(C)c1ncc(-c2nccn2-c2ccc3c(c2)nnn3C)cn1. The van der Waals surface area contributed by atoms with Crippen molar-refractivity contribution >= 4 is 11.0 Å². The summed E-state index contributed by atoms with van der Waals surface area (Å²) < 4.78 is 3.76. The smallest absolute Gasteiger partial charge is 0.147 e. The zero-order valence-corrected chi connectivity index (χ0v) is 13.7. The van der Waals surface area contributed by atoms with Crippen LogP contribution in [-0.2, 0) is 7.05 Å². The molecule has 0 atom stereocenters. The first-order valence-corrected chi connectivity index (χ1v) is 7.79. The van der Waals surface area contributed by atoms with Crippen LogP contribution < -0.4 is 0 Å². The average Bonchev–Trinajstić information content (AvgIpc) is 3.22. The molecular formula is C17H17N7. The molecule has 0 aliphatic heterocycles. The molecule has 3 aromatic heterocycles. The zero-order chi connectivity index (χ0) is 16.7. The van der Waals surface area contributed by atoms with Crippen LogP contribution in [0.4, 0.5) is 0 Å². The van der Waals surface area contributed by atoms with E-state index in [2.05, 4.69) is 39.1 Å². The van der Waals surface area contributed by atoms with Crippen LogP contribution in [0.3, 0.4) is 0 Å². The summed E-state index contributed by atoms with van der Waals surface area (Å²) >= 11 is 0. The summed E-state index contributed by atoms with van der Waals surface area (Å²) in [6.07, 6.45) is 7.33. The van der Waals surface area contributed by atoms with Gasteiger partial charge in [0.1, 0.15) is 17.2 Å². The monoisotopic (exact) mass is 319 g/mol. The summed E-state index contributed by atoms with van der Waals surface area (Å²) in [5, 5.41) is 8.22. The van der Waals surface area contributed by atoms with Crippen molar-refractivity contribution in [2.45, 2.75) is 19.8 Å². The Kier molecular flexibility index (Phi) is 3.34. The molecule has 0 saturated heterocycles. The first kappa shape index (κ1) is 14.5. The minimum absolute atomic E-state index is 0.304. The maximum absolute atomic E-state index is 4.46. The van der Waals surface area contributed by atoms with Gasteiger partial charge in [-0.1, -0.05) is 19.1 Å². The molecule has 3 heterocycles. The third kappa shape index (κ3) is 2.34. The Labute approximate surface area is 139 Å². The molecule has 0 saturated carbocycles. The molecule has 0 bridgehead atoms. The molecule has 1 aromatic carbocycles. The van der Waals surface area contributed by atoms with Gasteiger partial charge in [-0.3, -0.25) is 4.57 Å². The topological polar surface area (TPSA) is 74.3 Å². The molecule has 4 aromatic rings. The van der Waals surface area contributed by atoms with Gasteiger partial charge in [-0.2, -0.15) is 0 Å². The fourth-order valence-electron chi connectivity index (χ4n) is 2.66. The number of fused-ring (bicyclic) bond motifs is 1. The number of aromatic nitrogens is 7. The van der Waals surface area contributed by atoms with E-state index in [4.69, 9.17) is 0 Å². The highest BCUT2D eigenvalue weighted by Crippen LogP contribution is 2.23. The van der Waals surface area contributed by atoms with E-state index in [9.17, 15) is 0 Å². The lowest BCUT2D eigenvalue weighted by molar-refractivity contribution is 0.736. The molecule has 0 radical (unpaired) electrons. The second kappa shape index (κ2) is 5.52. The zero-order valence-electron chi connectivity index (χ0n) is 13.7. The maximum Gasteiger partial charge on any atom is 0.147 e. The van der Waals surface area contributed by atoms with Crippen LogP contribution in [0, 0.1) is 0 Å². The van der Waals surface area contributed by atoms with Crippen molar-refractivity contribution in [2.24, 2.45) is 7.05 Å². The first-order chi connectivity index (χ1) is 11.6. The van der Waals surface area contributed by atoms with Crippen LogP contribution >= 0.6 is 0 Å². The fourth-order valence-corrected chi connectivity index (χ4v) is 2.66. The van der Waals surface area contributed by atoms with Crippen molar-refractivity contribution in [3.63, 3.8) is 0 Å². The van der Waals surface area contributed by atoms with Crippen LogP contribution in [0.15, 0.2) is 43.0 Å². The van der Waals surface area contributed by atoms with E-state index in [1.54, 1.807) is 10.9 Å². The average molecular weight is 319 g/mol. The molecule has 7 heteroatoms. The van der Waals surface area contributed by atoms with E-state index in [1.807, 2.05) is 48.4 Å². The van der Waals surface area contributed by atoms with Gasteiger partial charge in [-0.05, 0) is 18.2 Å². The van der Waals surface area contributed by atoms with Gasteiger partial charge in [0.05, 0.1) is 11.1 Å². The lowest BCUT2D eigenvalue weighted by Gasteiger charge is -2.09. The van der Waals surface area contributed by atoms with E-state index in [-0.39, 0.29) is 0 Å².